The number of hydrogen-bond acceptors (Lipinski definition) is 3. The van der Waals surface area contributed by atoms with Gasteiger partial charge in [-0.3, -0.25) is 4.68 Å². The van der Waals surface area contributed by atoms with Crippen molar-refractivity contribution in [3.05, 3.63) is 41.1 Å². The van der Waals surface area contributed by atoms with Crippen LogP contribution in [-0.4, -0.2) is 22.7 Å². The van der Waals surface area contributed by atoms with Gasteiger partial charge in [0.1, 0.15) is 18.1 Å². The van der Waals surface area contributed by atoms with E-state index in [-0.39, 0.29) is 10.2 Å². The van der Waals surface area contributed by atoms with Crippen molar-refractivity contribution in [3.8, 4) is 11.5 Å². The van der Waals surface area contributed by atoms with Gasteiger partial charge in [0.25, 0.3) is 0 Å². The zero-order valence-corrected chi connectivity index (χ0v) is 11.7. The number of halogens is 4. The Kier molecular flexibility index (Phi) is 4.53. The molecule has 0 saturated heterocycles. The van der Waals surface area contributed by atoms with Crippen LogP contribution in [0.15, 0.2) is 41.1 Å². The van der Waals surface area contributed by atoms with Crippen LogP contribution in [0.1, 0.15) is 0 Å². The molecule has 0 aliphatic rings. The topological polar surface area (TPSA) is 36.3 Å². The Morgan fingerprint density at radius 3 is 2.70 bits per heavy atom. The van der Waals surface area contributed by atoms with Gasteiger partial charge in [-0.1, -0.05) is 0 Å². The summed E-state index contributed by atoms with van der Waals surface area (Å²) in [6.07, 6.45) is -1.27. The second-order valence-electron chi connectivity index (χ2n) is 3.76. The first-order valence-electron chi connectivity index (χ1n) is 5.59. The summed E-state index contributed by atoms with van der Waals surface area (Å²) >= 11 is 3.01. The van der Waals surface area contributed by atoms with Gasteiger partial charge in [-0.25, -0.2) is 0 Å². The van der Waals surface area contributed by atoms with Crippen LogP contribution in [-0.2, 0) is 6.54 Å². The Hall–Kier alpha value is -1.70. The zero-order chi connectivity index (χ0) is 14.6. The molecule has 0 fully saturated rings. The molecule has 0 radical (unpaired) electrons. The fourth-order valence-electron chi connectivity index (χ4n) is 1.47. The first-order valence-corrected chi connectivity index (χ1v) is 6.39. The van der Waals surface area contributed by atoms with E-state index in [4.69, 9.17) is 4.74 Å². The molecular formula is C12H10BrF3N2O2. The minimum atomic E-state index is -4.72. The van der Waals surface area contributed by atoms with E-state index in [2.05, 4.69) is 25.8 Å². The average Bonchev–Trinajstić information content (AvgIpc) is 2.84. The molecule has 0 N–H and O–H groups in total. The quantitative estimate of drug-likeness (QED) is 0.826. The van der Waals surface area contributed by atoms with Crippen LogP contribution < -0.4 is 9.47 Å². The van der Waals surface area contributed by atoms with Gasteiger partial charge < -0.3 is 9.47 Å². The number of benzene rings is 1. The molecule has 0 atom stereocenters. The molecule has 0 aliphatic heterocycles. The van der Waals surface area contributed by atoms with Crippen molar-refractivity contribution in [1.82, 2.24) is 9.78 Å². The van der Waals surface area contributed by atoms with Crippen LogP contribution in [0.3, 0.4) is 0 Å². The molecule has 0 saturated carbocycles. The Morgan fingerprint density at radius 2 is 2.10 bits per heavy atom. The number of rotatable bonds is 5. The van der Waals surface area contributed by atoms with E-state index >= 15 is 0 Å². The lowest BCUT2D eigenvalue weighted by Gasteiger charge is -2.12. The summed E-state index contributed by atoms with van der Waals surface area (Å²) in [6.45, 7) is 0.902. The van der Waals surface area contributed by atoms with E-state index < -0.39 is 6.36 Å². The molecule has 2 rings (SSSR count). The number of aromatic nitrogens is 2. The van der Waals surface area contributed by atoms with Crippen molar-refractivity contribution in [2.24, 2.45) is 0 Å². The Morgan fingerprint density at radius 1 is 1.30 bits per heavy atom. The Bertz CT molecular complexity index is 558. The Balaban J connectivity index is 1.91. The molecule has 108 valence electrons. The van der Waals surface area contributed by atoms with E-state index in [9.17, 15) is 13.2 Å². The van der Waals surface area contributed by atoms with Crippen LogP contribution in [0.5, 0.6) is 11.5 Å². The highest BCUT2D eigenvalue weighted by Gasteiger charge is 2.31. The highest BCUT2D eigenvalue weighted by Crippen LogP contribution is 2.33. The van der Waals surface area contributed by atoms with Gasteiger partial charge in [-0.15, -0.1) is 13.2 Å². The van der Waals surface area contributed by atoms with Crippen molar-refractivity contribution < 1.29 is 22.6 Å². The van der Waals surface area contributed by atoms with E-state index in [0.29, 0.717) is 18.9 Å². The van der Waals surface area contributed by atoms with E-state index in [1.165, 1.54) is 18.2 Å². The third-order valence-corrected chi connectivity index (χ3v) is 2.90. The lowest BCUT2D eigenvalue weighted by atomic mass is 10.3. The molecule has 1 aromatic heterocycles. The first-order chi connectivity index (χ1) is 9.44. The number of alkyl halides is 3. The normalized spacial score (nSPS) is 11.4. The first kappa shape index (κ1) is 14.7. The zero-order valence-electron chi connectivity index (χ0n) is 10.1. The smallest absolute Gasteiger partial charge is 0.492 e. The molecular weight excluding hydrogens is 341 g/mol. The summed E-state index contributed by atoms with van der Waals surface area (Å²) in [5.74, 6) is 0.135. The molecule has 1 aromatic carbocycles. The third kappa shape index (κ3) is 4.44. The molecule has 20 heavy (non-hydrogen) atoms. The van der Waals surface area contributed by atoms with Crippen LogP contribution in [0, 0.1) is 0 Å². The van der Waals surface area contributed by atoms with Crippen molar-refractivity contribution >= 4 is 15.9 Å². The summed E-state index contributed by atoms with van der Waals surface area (Å²) in [6, 6.07) is 5.82. The lowest BCUT2D eigenvalue weighted by molar-refractivity contribution is -0.274. The predicted octanol–water partition coefficient (Wildman–Crippen LogP) is 3.62. The lowest BCUT2D eigenvalue weighted by Crippen LogP contribution is -2.17. The number of hydrogen-bond donors (Lipinski definition) is 0. The highest BCUT2D eigenvalue weighted by atomic mass is 79.9. The molecule has 0 spiro atoms. The number of nitrogens with zero attached hydrogens (tertiary/aromatic N) is 2. The number of ether oxygens (including phenoxy) is 2. The SMILES string of the molecule is FC(F)(F)Oc1ccc(OCCn2cccn2)cc1Br. The van der Waals surface area contributed by atoms with Crippen molar-refractivity contribution in [1.29, 1.82) is 0 Å². The predicted molar refractivity (Wildman–Crippen MR) is 68.5 cm³/mol. The van der Waals surface area contributed by atoms with Crippen LogP contribution >= 0.6 is 15.9 Å². The van der Waals surface area contributed by atoms with Crippen molar-refractivity contribution in [2.45, 2.75) is 12.9 Å². The van der Waals surface area contributed by atoms with Gasteiger partial charge in [0, 0.05) is 12.4 Å². The minimum absolute atomic E-state index is 0.173. The van der Waals surface area contributed by atoms with Crippen LogP contribution in [0.4, 0.5) is 13.2 Å². The molecule has 4 nitrogen and oxygen atoms in total. The summed E-state index contributed by atoms with van der Waals surface area (Å²) in [7, 11) is 0. The monoisotopic (exact) mass is 350 g/mol. The van der Waals surface area contributed by atoms with Gasteiger partial charge in [-0.2, -0.15) is 5.10 Å². The van der Waals surface area contributed by atoms with E-state index in [1.54, 1.807) is 23.1 Å². The maximum absolute atomic E-state index is 12.1. The van der Waals surface area contributed by atoms with Gasteiger partial charge in [0.2, 0.25) is 0 Å². The van der Waals surface area contributed by atoms with Gasteiger partial charge in [0.05, 0.1) is 11.0 Å². The molecule has 0 amide bonds. The highest BCUT2D eigenvalue weighted by molar-refractivity contribution is 9.10. The summed E-state index contributed by atoms with van der Waals surface area (Å²) < 4.78 is 47.4. The minimum Gasteiger partial charge on any atom is -0.492 e. The molecule has 0 bridgehead atoms. The fourth-order valence-corrected chi connectivity index (χ4v) is 1.91. The van der Waals surface area contributed by atoms with Crippen molar-refractivity contribution in [2.75, 3.05) is 6.61 Å². The molecule has 0 aliphatic carbocycles. The van der Waals surface area contributed by atoms with Gasteiger partial charge in [-0.05, 0) is 40.2 Å². The molecule has 0 unspecified atom stereocenters. The standard InChI is InChI=1S/C12H10BrF3N2O2/c13-10-8-9(2-3-11(10)20-12(14,15)16)19-7-6-18-5-1-4-17-18/h1-5,8H,6-7H2. The molecule has 8 heteroatoms. The Labute approximate surface area is 121 Å². The average molecular weight is 351 g/mol. The van der Waals surface area contributed by atoms with Crippen LogP contribution in [0.25, 0.3) is 0 Å². The summed E-state index contributed by atoms with van der Waals surface area (Å²) in [5, 5.41) is 4.00. The summed E-state index contributed by atoms with van der Waals surface area (Å²) in [5.41, 5.74) is 0. The maximum Gasteiger partial charge on any atom is 0.573 e. The second-order valence-corrected chi connectivity index (χ2v) is 4.61. The van der Waals surface area contributed by atoms with E-state index in [0.717, 1.165) is 0 Å². The largest absolute Gasteiger partial charge is 0.573 e. The van der Waals surface area contributed by atoms with Crippen molar-refractivity contribution in [3.63, 3.8) is 0 Å². The molecule has 1 heterocycles. The maximum atomic E-state index is 12.1. The third-order valence-electron chi connectivity index (χ3n) is 2.28. The fraction of sp³-hybridized carbons (Fsp3) is 0.250. The van der Waals surface area contributed by atoms with Gasteiger partial charge >= 0.3 is 6.36 Å². The second kappa shape index (κ2) is 6.17. The molecule has 2 aromatic rings. The van der Waals surface area contributed by atoms with Crippen LogP contribution in [0.2, 0.25) is 0 Å². The summed E-state index contributed by atoms with van der Waals surface area (Å²) in [4.78, 5) is 0. The van der Waals surface area contributed by atoms with Gasteiger partial charge in [0.15, 0.2) is 0 Å². The van der Waals surface area contributed by atoms with E-state index in [1.807, 2.05) is 0 Å².